The van der Waals surface area contributed by atoms with E-state index in [2.05, 4.69) is 4.98 Å². The summed E-state index contributed by atoms with van der Waals surface area (Å²) in [4.78, 5) is 31.9. The fourth-order valence-electron chi connectivity index (χ4n) is 3.11. The molecule has 1 heterocycles. The van der Waals surface area contributed by atoms with Gasteiger partial charge in [0.2, 0.25) is 5.91 Å². The maximum absolute atomic E-state index is 12.9. The Labute approximate surface area is 153 Å². The normalized spacial score (nSPS) is 12.6. The molecule has 136 valence electrons. The van der Waals surface area contributed by atoms with Crippen molar-refractivity contribution in [3.8, 4) is 0 Å². The van der Waals surface area contributed by atoms with Gasteiger partial charge in [-0.05, 0) is 44.9 Å². The van der Waals surface area contributed by atoms with Crippen LogP contribution in [0.15, 0.2) is 23.0 Å². The van der Waals surface area contributed by atoms with Gasteiger partial charge in [0.05, 0.1) is 16.9 Å². The first-order chi connectivity index (χ1) is 11.8. The average molecular weight is 364 g/mol. The summed E-state index contributed by atoms with van der Waals surface area (Å²) in [5, 5.41) is 1.01. The van der Waals surface area contributed by atoms with E-state index in [0.29, 0.717) is 41.3 Å². The number of rotatable bonds is 6. The van der Waals surface area contributed by atoms with Crippen molar-refractivity contribution in [3.05, 3.63) is 39.4 Å². The number of hydrogen-bond acceptors (Lipinski definition) is 3. The molecule has 1 atom stereocenters. The summed E-state index contributed by atoms with van der Waals surface area (Å²) >= 11 is 6.02. The van der Waals surface area contributed by atoms with Crippen LogP contribution >= 0.6 is 11.6 Å². The van der Waals surface area contributed by atoms with Crippen LogP contribution < -0.4 is 5.56 Å². The van der Waals surface area contributed by atoms with Crippen molar-refractivity contribution in [3.63, 3.8) is 0 Å². The SMILES string of the molecule is CCN(C(=O)CC(C)C)C(C)c1nc2ccc(Cl)cc2c(=O)n1CC. The summed E-state index contributed by atoms with van der Waals surface area (Å²) in [6, 6.07) is 4.85. The number of benzene rings is 1. The lowest BCUT2D eigenvalue weighted by Crippen LogP contribution is -2.38. The Balaban J connectivity index is 2.56. The van der Waals surface area contributed by atoms with Gasteiger partial charge < -0.3 is 4.90 Å². The van der Waals surface area contributed by atoms with E-state index >= 15 is 0 Å². The van der Waals surface area contributed by atoms with Crippen molar-refractivity contribution in [2.75, 3.05) is 6.54 Å². The van der Waals surface area contributed by atoms with Gasteiger partial charge in [-0.3, -0.25) is 14.2 Å². The van der Waals surface area contributed by atoms with Crippen LogP contribution in [0.3, 0.4) is 0 Å². The first kappa shape index (κ1) is 19.4. The van der Waals surface area contributed by atoms with Crippen molar-refractivity contribution >= 4 is 28.4 Å². The number of carbonyl (C=O) groups is 1. The highest BCUT2D eigenvalue weighted by molar-refractivity contribution is 6.31. The standard InChI is InChI=1S/C19H26ClN3O2/c1-6-22(17(24)10-12(3)4)13(5)18-21-16-9-8-14(20)11-15(16)19(25)23(18)7-2/h8-9,11-13H,6-7,10H2,1-5H3. The maximum atomic E-state index is 12.9. The van der Waals surface area contributed by atoms with Crippen molar-refractivity contribution in [2.45, 2.75) is 53.6 Å². The summed E-state index contributed by atoms with van der Waals surface area (Å²) in [5.41, 5.74) is 0.484. The summed E-state index contributed by atoms with van der Waals surface area (Å²) in [6.07, 6.45) is 0.484. The highest BCUT2D eigenvalue weighted by atomic mass is 35.5. The van der Waals surface area contributed by atoms with Gasteiger partial charge in [0.1, 0.15) is 5.82 Å². The van der Waals surface area contributed by atoms with Crippen LogP contribution in [0.2, 0.25) is 5.02 Å². The Kier molecular flexibility index (Phi) is 6.22. The number of nitrogens with zero attached hydrogens (tertiary/aromatic N) is 3. The van der Waals surface area contributed by atoms with E-state index in [-0.39, 0.29) is 23.4 Å². The monoisotopic (exact) mass is 363 g/mol. The third-order valence-corrected chi connectivity index (χ3v) is 4.58. The molecule has 0 N–H and O–H groups in total. The number of amides is 1. The number of carbonyl (C=O) groups excluding carboxylic acids is 1. The molecular weight excluding hydrogens is 338 g/mol. The van der Waals surface area contributed by atoms with E-state index in [1.165, 1.54) is 0 Å². The Morgan fingerprint density at radius 1 is 1.28 bits per heavy atom. The molecule has 0 saturated heterocycles. The van der Waals surface area contributed by atoms with Crippen LogP contribution in [0.5, 0.6) is 0 Å². The van der Waals surface area contributed by atoms with Crippen LogP contribution in [-0.2, 0) is 11.3 Å². The van der Waals surface area contributed by atoms with E-state index < -0.39 is 0 Å². The van der Waals surface area contributed by atoms with Gasteiger partial charge in [-0.15, -0.1) is 0 Å². The highest BCUT2D eigenvalue weighted by Gasteiger charge is 2.25. The van der Waals surface area contributed by atoms with E-state index in [1.807, 2.05) is 34.6 Å². The summed E-state index contributed by atoms with van der Waals surface area (Å²) in [5.74, 6) is 0.980. The summed E-state index contributed by atoms with van der Waals surface area (Å²) in [6.45, 7) is 10.9. The number of fused-ring (bicyclic) bond motifs is 1. The molecule has 0 aliphatic heterocycles. The topological polar surface area (TPSA) is 55.2 Å². The maximum Gasteiger partial charge on any atom is 0.261 e. The second-order valence-electron chi connectivity index (χ2n) is 6.63. The first-order valence-electron chi connectivity index (χ1n) is 8.79. The molecule has 1 aromatic heterocycles. The van der Waals surface area contributed by atoms with Crippen LogP contribution in [0.1, 0.15) is 52.9 Å². The van der Waals surface area contributed by atoms with E-state index in [1.54, 1.807) is 27.7 Å². The van der Waals surface area contributed by atoms with Gasteiger partial charge >= 0.3 is 0 Å². The minimum absolute atomic E-state index is 0.0816. The molecule has 6 heteroatoms. The quantitative estimate of drug-likeness (QED) is 0.778. The zero-order chi connectivity index (χ0) is 18.7. The van der Waals surface area contributed by atoms with Crippen molar-refractivity contribution in [1.29, 1.82) is 0 Å². The van der Waals surface area contributed by atoms with E-state index in [9.17, 15) is 9.59 Å². The lowest BCUT2D eigenvalue weighted by Gasteiger charge is -2.30. The van der Waals surface area contributed by atoms with Crippen LogP contribution in [0.4, 0.5) is 0 Å². The van der Waals surface area contributed by atoms with Crippen LogP contribution in [0, 0.1) is 5.92 Å². The molecule has 1 unspecified atom stereocenters. The van der Waals surface area contributed by atoms with Crippen molar-refractivity contribution in [1.82, 2.24) is 14.5 Å². The number of aromatic nitrogens is 2. The highest BCUT2D eigenvalue weighted by Crippen LogP contribution is 2.22. The third kappa shape index (κ3) is 4.03. The molecule has 0 fully saturated rings. The smallest absolute Gasteiger partial charge is 0.261 e. The molecule has 5 nitrogen and oxygen atoms in total. The molecule has 0 aliphatic rings. The molecule has 0 radical (unpaired) electrons. The summed E-state index contributed by atoms with van der Waals surface area (Å²) < 4.78 is 1.63. The van der Waals surface area contributed by atoms with E-state index in [0.717, 1.165) is 0 Å². The second kappa shape index (κ2) is 8.00. The van der Waals surface area contributed by atoms with Gasteiger partial charge in [-0.1, -0.05) is 25.4 Å². The van der Waals surface area contributed by atoms with Crippen molar-refractivity contribution < 1.29 is 4.79 Å². The molecule has 25 heavy (non-hydrogen) atoms. The molecule has 0 bridgehead atoms. The Hall–Kier alpha value is -1.88. The minimum atomic E-state index is -0.274. The molecule has 0 saturated carbocycles. The number of halogens is 1. The van der Waals surface area contributed by atoms with Gasteiger partial charge in [0.15, 0.2) is 0 Å². The fraction of sp³-hybridized carbons (Fsp3) is 0.526. The fourth-order valence-corrected chi connectivity index (χ4v) is 3.28. The molecule has 1 amide bonds. The number of hydrogen-bond donors (Lipinski definition) is 0. The van der Waals surface area contributed by atoms with Crippen molar-refractivity contribution in [2.24, 2.45) is 5.92 Å². The van der Waals surface area contributed by atoms with E-state index in [4.69, 9.17) is 11.6 Å². The van der Waals surface area contributed by atoms with Gasteiger partial charge in [0, 0.05) is 24.5 Å². The minimum Gasteiger partial charge on any atom is -0.333 e. The molecular formula is C19H26ClN3O2. The van der Waals surface area contributed by atoms with Gasteiger partial charge in [-0.25, -0.2) is 4.98 Å². The zero-order valence-electron chi connectivity index (χ0n) is 15.5. The predicted octanol–water partition coefficient (Wildman–Crippen LogP) is 4.03. The summed E-state index contributed by atoms with van der Waals surface area (Å²) in [7, 11) is 0. The predicted molar refractivity (Wildman–Crippen MR) is 102 cm³/mol. The van der Waals surface area contributed by atoms with Crippen LogP contribution in [0.25, 0.3) is 10.9 Å². The third-order valence-electron chi connectivity index (χ3n) is 4.35. The molecule has 1 aromatic carbocycles. The average Bonchev–Trinajstić information content (AvgIpc) is 2.55. The Morgan fingerprint density at radius 3 is 2.52 bits per heavy atom. The molecule has 2 rings (SSSR count). The van der Waals surface area contributed by atoms with Gasteiger partial charge in [0.25, 0.3) is 5.56 Å². The first-order valence-corrected chi connectivity index (χ1v) is 9.17. The largest absolute Gasteiger partial charge is 0.333 e. The molecule has 0 aliphatic carbocycles. The molecule has 2 aromatic rings. The zero-order valence-corrected chi connectivity index (χ0v) is 16.3. The van der Waals surface area contributed by atoms with Gasteiger partial charge in [-0.2, -0.15) is 0 Å². The van der Waals surface area contributed by atoms with Crippen LogP contribution in [-0.4, -0.2) is 26.9 Å². The Morgan fingerprint density at radius 2 is 1.96 bits per heavy atom. The lowest BCUT2D eigenvalue weighted by molar-refractivity contribution is -0.134. The second-order valence-corrected chi connectivity index (χ2v) is 7.07. The lowest BCUT2D eigenvalue weighted by atomic mass is 10.1. The molecule has 0 spiro atoms. The Bertz CT molecular complexity index is 829.